The van der Waals surface area contributed by atoms with Crippen LogP contribution in [0.2, 0.25) is 0 Å². The second kappa shape index (κ2) is 7.01. The second-order valence-electron chi connectivity index (χ2n) is 7.12. The summed E-state index contributed by atoms with van der Waals surface area (Å²) in [5, 5.41) is 8.12. The maximum Gasteiger partial charge on any atom is 0.216 e. The zero-order valence-corrected chi connectivity index (χ0v) is 15.1. The third-order valence-corrected chi connectivity index (χ3v) is 5.25. The van der Waals surface area contributed by atoms with Gasteiger partial charge in [-0.3, -0.25) is 0 Å². The molecule has 1 aliphatic carbocycles. The van der Waals surface area contributed by atoms with E-state index in [1.807, 2.05) is 18.7 Å². The first-order chi connectivity index (χ1) is 10.4. The highest BCUT2D eigenvalue weighted by molar-refractivity contribution is 5.30. The number of hydrogen-bond acceptors (Lipinski definition) is 4. The Hall–Kier alpha value is -1.07. The molecule has 5 nitrogen and oxygen atoms in total. The monoisotopic (exact) mass is 308 g/mol. The molecule has 1 saturated carbocycles. The molecule has 0 aromatic carbocycles. The SMILES string of the molecule is COc1c(CNC[C@@]2(N(C)C)CCC[C@H](C)C2)c(C)nn1C. The Bertz CT molecular complexity index is 497. The van der Waals surface area contributed by atoms with Gasteiger partial charge in [0.1, 0.15) is 0 Å². The Labute approximate surface area is 135 Å². The number of likely N-dealkylation sites (N-methyl/N-ethyl adjacent to an activating group) is 1. The summed E-state index contributed by atoms with van der Waals surface area (Å²) < 4.78 is 7.30. The van der Waals surface area contributed by atoms with Crippen molar-refractivity contribution in [3.05, 3.63) is 11.3 Å². The molecular weight excluding hydrogens is 276 g/mol. The number of ether oxygens (including phenoxy) is 1. The molecule has 1 aromatic rings. The summed E-state index contributed by atoms with van der Waals surface area (Å²) in [6.07, 6.45) is 5.25. The Morgan fingerprint density at radius 3 is 2.77 bits per heavy atom. The van der Waals surface area contributed by atoms with Crippen LogP contribution in [0.3, 0.4) is 0 Å². The van der Waals surface area contributed by atoms with Crippen LogP contribution in [-0.2, 0) is 13.6 Å². The Balaban J connectivity index is 2.02. The molecule has 0 spiro atoms. The standard InChI is InChI=1S/C17H32N4O/c1-13-8-7-9-17(10-13,20(3)4)12-18-11-15-14(2)19-21(5)16(15)22-6/h13,18H,7-12H2,1-6H3/t13-,17+/m0/s1. The molecule has 0 radical (unpaired) electrons. The van der Waals surface area contributed by atoms with Crippen LogP contribution in [0, 0.1) is 12.8 Å². The van der Waals surface area contributed by atoms with Gasteiger partial charge in [-0.15, -0.1) is 0 Å². The van der Waals surface area contributed by atoms with Crippen molar-refractivity contribution in [2.75, 3.05) is 27.7 Å². The Kier molecular flexibility index (Phi) is 5.50. The fourth-order valence-electron chi connectivity index (χ4n) is 3.92. The fourth-order valence-corrected chi connectivity index (χ4v) is 3.92. The van der Waals surface area contributed by atoms with E-state index in [0.29, 0.717) is 0 Å². The predicted molar refractivity (Wildman–Crippen MR) is 90.3 cm³/mol. The highest BCUT2D eigenvalue weighted by Gasteiger charge is 2.36. The van der Waals surface area contributed by atoms with Crippen LogP contribution >= 0.6 is 0 Å². The molecule has 1 aliphatic rings. The van der Waals surface area contributed by atoms with Gasteiger partial charge in [0.15, 0.2) is 0 Å². The number of aryl methyl sites for hydroxylation is 2. The van der Waals surface area contributed by atoms with Crippen molar-refractivity contribution in [2.45, 2.75) is 51.6 Å². The van der Waals surface area contributed by atoms with Gasteiger partial charge in [0.25, 0.3) is 0 Å². The second-order valence-corrected chi connectivity index (χ2v) is 7.12. The molecule has 1 fully saturated rings. The average molecular weight is 308 g/mol. The van der Waals surface area contributed by atoms with Crippen LogP contribution in [0.5, 0.6) is 5.88 Å². The van der Waals surface area contributed by atoms with Gasteiger partial charge in [-0.25, -0.2) is 4.68 Å². The minimum Gasteiger partial charge on any atom is -0.481 e. The first-order valence-corrected chi connectivity index (χ1v) is 8.34. The van der Waals surface area contributed by atoms with Gasteiger partial charge in [-0.1, -0.05) is 19.8 Å². The van der Waals surface area contributed by atoms with E-state index in [-0.39, 0.29) is 5.54 Å². The highest BCUT2D eigenvalue weighted by Crippen LogP contribution is 2.35. The third-order valence-electron chi connectivity index (χ3n) is 5.25. The number of nitrogens with one attached hydrogen (secondary N) is 1. The number of nitrogens with zero attached hydrogens (tertiary/aromatic N) is 3. The van der Waals surface area contributed by atoms with Crippen molar-refractivity contribution in [2.24, 2.45) is 13.0 Å². The molecule has 2 rings (SSSR count). The summed E-state index contributed by atoms with van der Waals surface area (Å²) in [6.45, 7) is 6.25. The number of rotatable bonds is 6. The van der Waals surface area contributed by atoms with Crippen LogP contribution in [0.1, 0.15) is 43.9 Å². The maximum absolute atomic E-state index is 5.48. The van der Waals surface area contributed by atoms with E-state index >= 15 is 0 Å². The minimum atomic E-state index is 0.279. The molecule has 5 heteroatoms. The molecule has 1 N–H and O–H groups in total. The van der Waals surface area contributed by atoms with Gasteiger partial charge in [0.05, 0.1) is 18.4 Å². The molecule has 126 valence electrons. The fraction of sp³-hybridized carbons (Fsp3) is 0.824. The molecule has 22 heavy (non-hydrogen) atoms. The zero-order chi connectivity index (χ0) is 16.3. The van der Waals surface area contributed by atoms with Crippen molar-refractivity contribution in [1.82, 2.24) is 20.0 Å². The van der Waals surface area contributed by atoms with Gasteiger partial charge in [-0.05, 0) is 39.8 Å². The molecule has 1 aromatic heterocycles. The van der Waals surface area contributed by atoms with Crippen molar-refractivity contribution >= 4 is 0 Å². The molecule has 0 bridgehead atoms. The van der Waals surface area contributed by atoms with E-state index in [4.69, 9.17) is 4.74 Å². The van der Waals surface area contributed by atoms with Gasteiger partial charge in [-0.2, -0.15) is 5.10 Å². The van der Waals surface area contributed by atoms with Crippen molar-refractivity contribution in [3.63, 3.8) is 0 Å². The van der Waals surface area contributed by atoms with Crippen LogP contribution in [0.25, 0.3) is 0 Å². The number of aromatic nitrogens is 2. The molecule has 1 heterocycles. The lowest BCUT2D eigenvalue weighted by Crippen LogP contribution is -2.54. The zero-order valence-electron chi connectivity index (χ0n) is 15.1. The van der Waals surface area contributed by atoms with E-state index in [1.165, 1.54) is 31.2 Å². The quantitative estimate of drug-likeness (QED) is 0.876. The van der Waals surface area contributed by atoms with Gasteiger partial charge in [0.2, 0.25) is 5.88 Å². The molecular formula is C17H32N4O. The lowest BCUT2D eigenvalue weighted by molar-refractivity contribution is 0.0749. The van der Waals surface area contributed by atoms with E-state index in [0.717, 1.165) is 30.6 Å². The van der Waals surface area contributed by atoms with Gasteiger partial charge in [0, 0.05) is 25.7 Å². The molecule has 0 saturated heterocycles. The predicted octanol–water partition coefficient (Wildman–Crippen LogP) is 2.34. The van der Waals surface area contributed by atoms with Gasteiger partial charge >= 0.3 is 0 Å². The number of methoxy groups -OCH3 is 1. The highest BCUT2D eigenvalue weighted by atomic mass is 16.5. The van der Waals surface area contributed by atoms with Crippen LogP contribution in [-0.4, -0.2) is 48.0 Å². The maximum atomic E-state index is 5.48. The van der Waals surface area contributed by atoms with Gasteiger partial charge < -0.3 is 15.0 Å². The van der Waals surface area contributed by atoms with E-state index < -0.39 is 0 Å². The minimum absolute atomic E-state index is 0.279. The molecule has 0 amide bonds. The molecule has 0 aliphatic heterocycles. The lowest BCUT2D eigenvalue weighted by atomic mass is 9.75. The first-order valence-electron chi connectivity index (χ1n) is 8.34. The van der Waals surface area contributed by atoms with Crippen LogP contribution in [0.4, 0.5) is 0 Å². The Morgan fingerprint density at radius 1 is 1.45 bits per heavy atom. The summed E-state index contributed by atoms with van der Waals surface area (Å²) in [5.41, 5.74) is 2.49. The number of hydrogen-bond donors (Lipinski definition) is 1. The topological polar surface area (TPSA) is 42.3 Å². The largest absolute Gasteiger partial charge is 0.481 e. The summed E-state index contributed by atoms with van der Waals surface area (Å²) in [4.78, 5) is 2.42. The smallest absolute Gasteiger partial charge is 0.216 e. The average Bonchev–Trinajstić information content (AvgIpc) is 2.72. The summed E-state index contributed by atoms with van der Waals surface area (Å²) in [5.74, 6) is 1.67. The van der Waals surface area contributed by atoms with Crippen molar-refractivity contribution in [3.8, 4) is 5.88 Å². The third kappa shape index (κ3) is 3.46. The first kappa shape index (κ1) is 17.3. The van der Waals surface area contributed by atoms with Crippen LogP contribution < -0.4 is 10.1 Å². The molecule has 2 atom stereocenters. The molecule has 0 unspecified atom stereocenters. The lowest BCUT2D eigenvalue weighted by Gasteiger charge is -2.45. The van der Waals surface area contributed by atoms with E-state index in [9.17, 15) is 0 Å². The van der Waals surface area contributed by atoms with Crippen LogP contribution in [0.15, 0.2) is 0 Å². The normalized spacial score (nSPS) is 25.7. The van der Waals surface area contributed by atoms with Crippen molar-refractivity contribution in [1.29, 1.82) is 0 Å². The Morgan fingerprint density at radius 2 is 2.18 bits per heavy atom. The van der Waals surface area contributed by atoms with E-state index in [2.05, 4.69) is 36.3 Å². The van der Waals surface area contributed by atoms with E-state index in [1.54, 1.807) is 7.11 Å². The summed E-state index contributed by atoms with van der Waals surface area (Å²) >= 11 is 0. The summed E-state index contributed by atoms with van der Waals surface area (Å²) in [6, 6.07) is 0. The van der Waals surface area contributed by atoms with Crippen molar-refractivity contribution < 1.29 is 4.74 Å². The summed E-state index contributed by atoms with van der Waals surface area (Å²) in [7, 11) is 8.08.